The van der Waals surface area contributed by atoms with Crippen molar-refractivity contribution in [2.24, 2.45) is 0 Å². The maximum absolute atomic E-state index is 11.7. The SMILES string of the molecule is O=c1[nH]cc(I)c(=O)n1Cc1ccccc1. The summed E-state index contributed by atoms with van der Waals surface area (Å²) >= 11 is 1.91. The number of H-pyrrole nitrogens is 1. The van der Waals surface area contributed by atoms with Crippen molar-refractivity contribution in [3.63, 3.8) is 0 Å². The average Bonchev–Trinajstić information content (AvgIpc) is 2.31. The molecule has 16 heavy (non-hydrogen) atoms. The second kappa shape index (κ2) is 4.65. The monoisotopic (exact) mass is 328 g/mol. The summed E-state index contributed by atoms with van der Waals surface area (Å²) in [6, 6.07) is 9.41. The van der Waals surface area contributed by atoms with Gasteiger partial charge in [-0.25, -0.2) is 4.79 Å². The highest BCUT2D eigenvalue weighted by molar-refractivity contribution is 14.1. The fraction of sp³-hybridized carbons (Fsp3) is 0.0909. The molecule has 0 bridgehead atoms. The van der Waals surface area contributed by atoms with Crippen LogP contribution in [0.4, 0.5) is 0 Å². The number of aromatic amines is 1. The molecule has 0 saturated carbocycles. The van der Waals surface area contributed by atoms with Gasteiger partial charge in [0.15, 0.2) is 0 Å². The largest absolute Gasteiger partial charge is 0.328 e. The Balaban J connectivity index is 2.47. The van der Waals surface area contributed by atoms with Crippen molar-refractivity contribution in [3.8, 4) is 0 Å². The van der Waals surface area contributed by atoms with E-state index in [1.54, 1.807) is 0 Å². The first-order chi connectivity index (χ1) is 7.68. The van der Waals surface area contributed by atoms with E-state index in [0.29, 0.717) is 10.1 Å². The van der Waals surface area contributed by atoms with Gasteiger partial charge in [0.05, 0.1) is 10.1 Å². The van der Waals surface area contributed by atoms with Crippen LogP contribution in [0.25, 0.3) is 0 Å². The molecule has 0 aliphatic carbocycles. The van der Waals surface area contributed by atoms with E-state index in [0.717, 1.165) is 5.56 Å². The van der Waals surface area contributed by atoms with Crippen molar-refractivity contribution in [2.75, 3.05) is 0 Å². The van der Waals surface area contributed by atoms with Crippen LogP contribution in [0, 0.1) is 3.57 Å². The van der Waals surface area contributed by atoms with Gasteiger partial charge in [0.1, 0.15) is 0 Å². The molecule has 2 rings (SSSR count). The summed E-state index contributed by atoms with van der Waals surface area (Å²) in [5, 5.41) is 0. The van der Waals surface area contributed by atoms with Crippen molar-refractivity contribution in [1.82, 2.24) is 9.55 Å². The lowest BCUT2D eigenvalue weighted by Gasteiger charge is -2.04. The molecule has 82 valence electrons. The van der Waals surface area contributed by atoms with Crippen LogP contribution in [0.2, 0.25) is 0 Å². The third kappa shape index (κ3) is 2.24. The summed E-state index contributed by atoms with van der Waals surface area (Å²) < 4.78 is 1.70. The molecule has 1 N–H and O–H groups in total. The molecular formula is C11H9IN2O2. The Bertz CT molecular complexity index is 601. The number of hydrogen-bond donors (Lipinski definition) is 1. The van der Waals surface area contributed by atoms with Gasteiger partial charge in [-0.2, -0.15) is 0 Å². The van der Waals surface area contributed by atoms with E-state index in [2.05, 4.69) is 4.98 Å². The lowest BCUT2D eigenvalue weighted by atomic mass is 10.2. The van der Waals surface area contributed by atoms with Crippen LogP contribution in [0.15, 0.2) is 46.1 Å². The van der Waals surface area contributed by atoms with Gasteiger partial charge in [0.2, 0.25) is 0 Å². The maximum atomic E-state index is 11.7. The number of aromatic nitrogens is 2. The Morgan fingerprint density at radius 3 is 2.56 bits per heavy atom. The highest BCUT2D eigenvalue weighted by Gasteiger charge is 2.05. The van der Waals surface area contributed by atoms with E-state index in [-0.39, 0.29) is 11.2 Å². The predicted molar refractivity (Wildman–Crippen MR) is 69.6 cm³/mol. The van der Waals surface area contributed by atoms with Crippen LogP contribution in [0.1, 0.15) is 5.56 Å². The van der Waals surface area contributed by atoms with E-state index in [9.17, 15) is 9.59 Å². The van der Waals surface area contributed by atoms with Gasteiger partial charge in [0, 0.05) is 6.20 Å². The molecule has 0 aliphatic rings. The van der Waals surface area contributed by atoms with Gasteiger partial charge in [0.25, 0.3) is 5.56 Å². The fourth-order valence-electron chi connectivity index (χ4n) is 1.40. The molecule has 1 aromatic heterocycles. The maximum Gasteiger partial charge on any atom is 0.328 e. The molecular weight excluding hydrogens is 319 g/mol. The van der Waals surface area contributed by atoms with Gasteiger partial charge in [-0.05, 0) is 28.2 Å². The van der Waals surface area contributed by atoms with E-state index in [4.69, 9.17) is 0 Å². The highest BCUT2D eigenvalue weighted by atomic mass is 127. The number of hydrogen-bond acceptors (Lipinski definition) is 2. The summed E-state index contributed by atoms with van der Waals surface area (Å²) in [5.74, 6) is 0. The second-order valence-electron chi connectivity index (χ2n) is 3.32. The van der Waals surface area contributed by atoms with Crippen molar-refractivity contribution in [2.45, 2.75) is 6.54 Å². The molecule has 1 heterocycles. The Kier molecular flexibility index (Phi) is 3.23. The third-order valence-electron chi connectivity index (χ3n) is 2.20. The minimum Gasteiger partial charge on any atom is -0.313 e. The second-order valence-corrected chi connectivity index (χ2v) is 4.48. The molecule has 0 radical (unpaired) electrons. The molecule has 0 atom stereocenters. The molecule has 2 aromatic rings. The number of nitrogens with zero attached hydrogens (tertiary/aromatic N) is 1. The minimum atomic E-state index is -0.380. The van der Waals surface area contributed by atoms with Crippen LogP contribution >= 0.6 is 22.6 Å². The fourth-order valence-corrected chi connectivity index (χ4v) is 1.84. The number of rotatable bonds is 2. The number of benzene rings is 1. The molecule has 1 aromatic carbocycles. The molecule has 0 aliphatic heterocycles. The topological polar surface area (TPSA) is 54.9 Å². The summed E-state index contributed by atoms with van der Waals surface area (Å²) in [4.78, 5) is 25.8. The summed E-state index contributed by atoms with van der Waals surface area (Å²) in [5.41, 5.74) is 0.291. The van der Waals surface area contributed by atoms with Gasteiger partial charge in [-0.15, -0.1) is 0 Å². The van der Waals surface area contributed by atoms with E-state index < -0.39 is 0 Å². The van der Waals surface area contributed by atoms with Crippen LogP contribution in [-0.4, -0.2) is 9.55 Å². The average molecular weight is 328 g/mol. The standard InChI is InChI=1S/C11H9IN2O2/c12-9-6-13-11(16)14(10(9)15)7-8-4-2-1-3-5-8/h1-6H,7H2,(H,13,16). The zero-order chi connectivity index (χ0) is 11.5. The smallest absolute Gasteiger partial charge is 0.313 e. The Morgan fingerprint density at radius 2 is 1.88 bits per heavy atom. The Morgan fingerprint density at radius 1 is 1.19 bits per heavy atom. The first-order valence-electron chi connectivity index (χ1n) is 4.70. The number of halogens is 1. The molecule has 0 fully saturated rings. The van der Waals surface area contributed by atoms with E-state index >= 15 is 0 Å². The van der Waals surface area contributed by atoms with Crippen molar-refractivity contribution in [1.29, 1.82) is 0 Å². The molecule has 5 heteroatoms. The quantitative estimate of drug-likeness (QED) is 0.842. The molecule has 0 spiro atoms. The minimum absolute atomic E-state index is 0.256. The zero-order valence-corrected chi connectivity index (χ0v) is 10.5. The van der Waals surface area contributed by atoms with Crippen LogP contribution in [-0.2, 0) is 6.54 Å². The molecule has 0 unspecified atom stereocenters. The van der Waals surface area contributed by atoms with Crippen molar-refractivity contribution < 1.29 is 0 Å². The van der Waals surface area contributed by atoms with Gasteiger partial charge in [-0.3, -0.25) is 9.36 Å². The van der Waals surface area contributed by atoms with Gasteiger partial charge >= 0.3 is 5.69 Å². The summed E-state index contributed by atoms with van der Waals surface area (Å²) in [7, 11) is 0. The summed E-state index contributed by atoms with van der Waals surface area (Å²) in [6.07, 6.45) is 1.42. The van der Waals surface area contributed by atoms with Crippen LogP contribution in [0.5, 0.6) is 0 Å². The highest BCUT2D eigenvalue weighted by Crippen LogP contribution is 1.99. The van der Waals surface area contributed by atoms with Gasteiger partial charge in [-0.1, -0.05) is 30.3 Å². The van der Waals surface area contributed by atoms with Crippen molar-refractivity contribution >= 4 is 22.6 Å². The predicted octanol–water partition coefficient (Wildman–Crippen LogP) is 1.19. The Labute approximate surface area is 105 Å². The lowest BCUT2D eigenvalue weighted by Crippen LogP contribution is -2.36. The summed E-state index contributed by atoms with van der Waals surface area (Å²) in [6.45, 7) is 0.297. The first-order valence-corrected chi connectivity index (χ1v) is 5.78. The van der Waals surface area contributed by atoms with Crippen LogP contribution in [0.3, 0.4) is 0 Å². The zero-order valence-electron chi connectivity index (χ0n) is 8.31. The molecule has 4 nitrogen and oxygen atoms in total. The van der Waals surface area contributed by atoms with Crippen LogP contribution < -0.4 is 11.2 Å². The third-order valence-corrected chi connectivity index (χ3v) is 2.97. The Hall–Kier alpha value is -1.37. The normalized spacial score (nSPS) is 10.3. The molecule has 0 amide bonds. The lowest BCUT2D eigenvalue weighted by molar-refractivity contribution is 0.693. The van der Waals surface area contributed by atoms with E-state index in [1.165, 1.54) is 10.8 Å². The van der Waals surface area contributed by atoms with E-state index in [1.807, 2.05) is 52.9 Å². The molecule has 0 saturated heterocycles. The van der Waals surface area contributed by atoms with Crippen molar-refractivity contribution in [3.05, 3.63) is 66.5 Å². The first kappa shape index (κ1) is 11.1. The van der Waals surface area contributed by atoms with Gasteiger partial charge < -0.3 is 4.98 Å². The number of nitrogens with one attached hydrogen (secondary N) is 1.